The molecule has 0 aliphatic heterocycles. The number of phenols is 1. The zero-order valence-corrected chi connectivity index (χ0v) is 16.4. The predicted molar refractivity (Wildman–Crippen MR) is 107 cm³/mol. The van der Waals surface area contributed by atoms with Gasteiger partial charge in [0.15, 0.2) is 0 Å². The zero-order chi connectivity index (χ0) is 20.0. The molecule has 0 heterocycles. The number of benzene rings is 2. The summed E-state index contributed by atoms with van der Waals surface area (Å²) in [5.74, 6) is 1.67. The van der Waals surface area contributed by atoms with E-state index in [9.17, 15) is 9.90 Å². The monoisotopic (exact) mass is 371 g/mol. The molecule has 1 atom stereocenters. The number of amides is 2. The molecule has 0 bridgehead atoms. The van der Waals surface area contributed by atoms with Crippen LogP contribution in [0.3, 0.4) is 0 Å². The molecule has 0 saturated carbocycles. The van der Waals surface area contributed by atoms with Gasteiger partial charge in [0.2, 0.25) is 0 Å². The Kier molecular flexibility index (Phi) is 7.07. The molecule has 6 heteroatoms. The lowest BCUT2D eigenvalue weighted by Gasteiger charge is -2.17. The number of carbonyl (C=O) groups excluding carboxylic acids is 1. The molecule has 2 amide bonds. The van der Waals surface area contributed by atoms with Crippen LogP contribution in [-0.2, 0) is 6.42 Å². The number of urea groups is 1. The first-order valence-corrected chi connectivity index (χ1v) is 9.11. The quantitative estimate of drug-likeness (QED) is 0.600. The summed E-state index contributed by atoms with van der Waals surface area (Å²) in [5, 5.41) is 14.9. The van der Waals surface area contributed by atoms with Gasteiger partial charge in [0, 0.05) is 18.6 Å². The standard InChI is InChI=1S/C21H29N3O3/c1-13(2)24-21(26)23-12-17(22)11-16-9-14(3)20(15(4)10-16)27-19-7-5-18(25)6-8-19/h5-10,13,17,25H,11-12,22H2,1-4H3,(H2,23,24,26). The summed E-state index contributed by atoms with van der Waals surface area (Å²) in [5.41, 5.74) is 9.28. The lowest BCUT2D eigenvalue weighted by atomic mass is 10.0. The lowest BCUT2D eigenvalue weighted by molar-refractivity contribution is 0.238. The third-order valence-electron chi connectivity index (χ3n) is 4.02. The first-order valence-electron chi connectivity index (χ1n) is 9.11. The first kappa shape index (κ1) is 20.6. The van der Waals surface area contributed by atoms with E-state index in [1.54, 1.807) is 24.3 Å². The van der Waals surface area contributed by atoms with Crippen molar-refractivity contribution in [1.82, 2.24) is 10.6 Å². The highest BCUT2D eigenvalue weighted by molar-refractivity contribution is 5.74. The van der Waals surface area contributed by atoms with Gasteiger partial charge in [-0.3, -0.25) is 0 Å². The third kappa shape index (κ3) is 6.49. The van der Waals surface area contributed by atoms with Crippen LogP contribution in [-0.4, -0.2) is 29.8 Å². The smallest absolute Gasteiger partial charge is 0.315 e. The molecule has 0 aliphatic rings. The normalized spacial score (nSPS) is 11.9. The maximum Gasteiger partial charge on any atom is 0.315 e. The molecule has 2 rings (SSSR count). The maximum atomic E-state index is 11.6. The molecule has 5 N–H and O–H groups in total. The fourth-order valence-corrected chi connectivity index (χ4v) is 2.86. The highest BCUT2D eigenvalue weighted by atomic mass is 16.5. The zero-order valence-electron chi connectivity index (χ0n) is 16.4. The molecular formula is C21H29N3O3. The fourth-order valence-electron chi connectivity index (χ4n) is 2.86. The number of rotatable bonds is 7. The third-order valence-corrected chi connectivity index (χ3v) is 4.02. The number of ether oxygens (including phenoxy) is 1. The number of aryl methyl sites for hydroxylation is 2. The number of phenolic OH excluding ortho intramolecular Hbond substituents is 1. The average Bonchev–Trinajstić information content (AvgIpc) is 2.57. The fraction of sp³-hybridized carbons (Fsp3) is 0.381. The lowest BCUT2D eigenvalue weighted by Crippen LogP contribution is -2.45. The van der Waals surface area contributed by atoms with Crippen LogP contribution in [0.25, 0.3) is 0 Å². The summed E-state index contributed by atoms with van der Waals surface area (Å²) >= 11 is 0. The van der Waals surface area contributed by atoms with Crippen molar-refractivity contribution < 1.29 is 14.6 Å². The van der Waals surface area contributed by atoms with Crippen LogP contribution in [0.1, 0.15) is 30.5 Å². The Morgan fingerprint density at radius 1 is 1.15 bits per heavy atom. The van der Waals surface area contributed by atoms with Gasteiger partial charge in [0.05, 0.1) is 0 Å². The van der Waals surface area contributed by atoms with Gasteiger partial charge in [-0.05, 0) is 75.1 Å². The van der Waals surface area contributed by atoms with Crippen molar-refractivity contribution in [2.45, 2.75) is 46.2 Å². The Morgan fingerprint density at radius 2 is 1.74 bits per heavy atom. The van der Waals surface area contributed by atoms with Crippen LogP contribution in [0, 0.1) is 13.8 Å². The van der Waals surface area contributed by atoms with Crippen molar-refractivity contribution in [2.75, 3.05) is 6.54 Å². The predicted octanol–water partition coefficient (Wildman–Crippen LogP) is 3.38. The van der Waals surface area contributed by atoms with Gasteiger partial charge in [0.25, 0.3) is 0 Å². The molecule has 0 aromatic heterocycles. The number of carbonyl (C=O) groups is 1. The van der Waals surface area contributed by atoms with E-state index < -0.39 is 0 Å². The van der Waals surface area contributed by atoms with Crippen molar-refractivity contribution in [2.24, 2.45) is 5.73 Å². The van der Waals surface area contributed by atoms with Gasteiger partial charge in [-0.25, -0.2) is 4.79 Å². The second-order valence-electron chi connectivity index (χ2n) is 7.13. The van der Waals surface area contributed by atoms with Crippen LogP contribution >= 0.6 is 0 Å². The Balaban J connectivity index is 1.98. The maximum absolute atomic E-state index is 11.6. The molecule has 0 spiro atoms. The van der Waals surface area contributed by atoms with E-state index in [0.717, 1.165) is 22.4 Å². The minimum atomic E-state index is -0.203. The molecule has 0 saturated heterocycles. The van der Waals surface area contributed by atoms with Crippen LogP contribution < -0.4 is 21.1 Å². The van der Waals surface area contributed by atoms with Crippen LogP contribution in [0.5, 0.6) is 17.2 Å². The highest BCUT2D eigenvalue weighted by Crippen LogP contribution is 2.30. The largest absolute Gasteiger partial charge is 0.508 e. The van der Waals surface area contributed by atoms with Crippen molar-refractivity contribution in [3.63, 3.8) is 0 Å². The average molecular weight is 371 g/mol. The van der Waals surface area contributed by atoms with Crippen LogP contribution in [0.2, 0.25) is 0 Å². The van der Waals surface area contributed by atoms with Crippen molar-refractivity contribution in [3.05, 3.63) is 53.1 Å². The topological polar surface area (TPSA) is 96.6 Å². The van der Waals surface area contributed by atoms with E-state index in [1.807, 2.05) is 27.7 Å². The van der Waals surface area contributed by atoms with E-state index in [-0.39, 0.29) is 23.9 Å². The Labute approximate surface area is 160 Å². The van der Waals surface area contributed by atoms with Gasteiger partial charge >= 0.3 is 6.03 Å². The summed E-state index contributed by atoms with van der Waals surface area (Å²) in [6, 6.07) is 10.5. The van der Waals surface area contributed by atoms with E-state index >= 15 is 0 Å². The summed E-state index contributed by atoms with van der Waals surface area (Å²) in [4.78, 5) is 11.6. The van der Waals surface area contributed by atoms with Gasteiger partial charge in [-0.2, -0.15) is 0 Å². The molecule has 1 unspecified atom stereocenters. The molecule has 27 heavy (non-hydrogen) atoms. The van der Waals surface area contributed by atoms with Gasteiger partial charge in [-0.15, -0.1) is 0 Å². The summed E-state index contributed by atoms with van der Waals surface area (Å²) in [7, 11) is 0. The van der Waals surface area contributed by atoms with Crippen molar-refractivity contribution >= 4 is 6.03 Å². The number of hydrogen-bond donors (Lipinski definition) is 4. The van der Waals surface area contributed by atoms with E-state index in [1.165, 1.54) is 0 Å². The minimum Gasteiger partial charge on any atom is -0.508 e. The second kappa shape index (κ2) is 9.28. The van der Waals surface area contributed by atoms with Crippen LogP contribution in [0.15, 0.2) is 36.4 Å². The van der Waals surface area contributed by atoms with Gasteiger partial charge < -0.3 is 26.2 Å². The molecule has 0 aliphatic carbocycles. The van der Waals surface area contributed by atoms with Crippen LogP contribution in [0.4, 0.5) is 4.79 Å². The number of nitrogens with two attached hydrogens (primary N) is 1. The molecule has 0 radical (unpaired) electrons. The summed E-state index contributed by atoms with van der Waals surface area (Å²) in [6.07, 6.45) is 0.656. The molecule has 0 fully saturated rings. The van der Waals surface area contributed by atoms with Crippen molar-refractivity contribution in [1.29, 1.82) is 0 Å². The van der Waals surface area contributed by atoms with Gasteiger partial charge in [0.1, 0.15) is 17.2 Å². The molecule has 146 valence electrons. The molecule has 2 aromatic carbocycles. The molecular weight excluding hydrogens is 342 g/mol. The first-order chi connectivity index (χ1) is 12.7. The summed E-state index contributed by atoms with van der Waals surface area (Å²) in [6.45, 7) is 8.21. The minimum absolute atomic E-state index is 0.0904. The Morgan fingerprint density at radius 3 is 2.30 bits per heavy atom. The Hall–Kier alpha value is -2.73. The van der Waals surface area contributed by atoms with Gasteiger partial charge in [-0.1, -0.05) is 12.1 Å². The van der Waals surface area contributed by atoms with E-state index in [4.69, 9.17) is 10.5 Å². The second-order valence-corrected chi connectivity index (χ2v) is 7.13. The van der Waals surface area contributed by atoms with E-state index in [2.05, 4.69) is 22.8 Å². The highest BCUT2D eigenvalue weighted by Gasteiger charge is 2.12. The SMILES string of the molecule is Cc1cc(CC(N)CNC(=O)NC(C)C)cc(C)c1Oc1ccc(O)cc1. The van der Waals surface area contributed by atoms with Crippen molar-refractivity contribution in [3.8, 4) is 17.2 Å². The number of aromatic hydroxyl groups is 1. The summed E-state index contributed by atoms with van der Waals surface area (Å²) < 4.78 is 5.96. The Bertz CT molecular complexity index is 750. The molecule has 2 aromatic rings. The van der Waals surface area contributed by atoms with E-state index in [0.29, 0.717) is 18.7 Å². The number of hydrogen-bond acceptors (Lipinski definition) is 4. The number of nitrogens with one attached hydrogen (secondary N) is 2. The molecule has 6 nitrogen and oxygen atoms in total.